The maximum atomic E-state index is 14.0. The Morgan fingerprint density at radius 3 is 1.16 bits per heavy atom. The fourth-order valence-electron chi connectivity index (χ4n) is 5.31. The van der Waals surface area contributed by atoms with E-state index in [1.54, 1.807) is 20.1 Å². The van der Waals surface area contributed by atoms with E-state index < -0.39 is 14.6 Å². The minimum atomic E-state index is -3.02. The Kier molecular flexibility index (Phi) is 31.8. The van der Waals surface area contributed by atoms with Gasteiger partial charge in [-0.05, 0) is 79.9 Å². The summed E-state index contributed by atoms with van der Waals surface area (Å²) in [7, 11) is -5.93. The van der Waals surface area contributed by atoms with Gasteiger partial charge in [-0.25, -0.2) is 4.76 Å². The molecule has 0 fully saturated rings. The smallest absolute Gasteiger partial charge is 0.382 e. The number of benzene rings is 6. The van der Waals surface area contributed by atoms with Crippen molar-refractivity contribution in [2.45, 2.75) is 61.9 Å². The molecular weight excluding hydrogens is 804 g/mol. The standard InChI is InChI=1S/C21H22NOP.C19H16NOP.C4H10O.2C2H5.2CH4.Zn/c1-2-21(18-12-6-3-7-13-18)22-24(23,19-14-8-4-9-15-19)20-16-10-5-11-17-20;21-22(18-12-6-2-7-13-18,19-14-8-3-9-15-19)20-16-17-10-4-1-5-11-17;1-3-5-4-2;2*1-2;;;/h3-17,21H,2H2,1H3,(H,22,23);1-16H;3-4H2,1-2H3;2*1H2,2H3;2*1H4;/q;;;2*-1;;;+2/t21-;;;;;;;/m0......./s1. The van der Waals surface area contributed by atoms with Gasteiger partial charge in [-0.1, -0.05) is 155 Å². The molecule has 0 radical (unpaired) electrons. The van der Waals surface area contributed by atoms with E-state index in [0.29, 0.717) is 0 Å². The van der Waals surface area contributed by atoms with Crippen molar-refractivity contribution in [1.82, 2.24) is 5.09 Å². The number of nitrogens with one attached hydrogen (secondary N) is 1. The average Bonchev–Trinajstić information content (AvgIpc) is 3.28. The van der Waals surface area contributed by atoms with Gasteiger partial charge in [0.2, 0.25) is 14.6 Å². The van der Waals surface area contributed by atoms with Gasteiger partial charge in [0.15, 0.2) is 0 Å². The van der Waals surface area contributed by atoms with Crippen LogP contribution < -0.4 is 26.3 Å². The number of rotatable bonds is 12. The summed E-state index contributed by atoms with van der Waals surface area (Å²) in [5, 5.41) is 6.65. The fourth-order valence-corrected chi connectivity index (χ4v) is 9.88. The van der Waals surface area contributed by atoms with Crippen molar-refractivity contribution in [3.05, 3.63) is 207 Å². The molecule has 0 spiro atoms. The van der Waals surface area contributed by atoms with E-state index in [4.69, 9.17) is 4.74 Å². The van der Waals surface area contributed by atoms with E-state index in [2.05, 4.69) is 42.8 Å². The fraction of sp³-hybridized carbons (Fsp3) is 0.220. The molecule has 1 N–H and O–H groups in total. The summed E-state index contributed by atoms with van der Waals surface area (Å²) in [5.74, 6) is 0. The summed E-state index contributed by atoms with van der Waals surface area (Å²) >= 11 is 0. The summed E-state index contributed by atoms with van der Waals surface area (Å²) in [5.41, 5.74) is 2.10. The van der Waals surface area contributed by atoms with Crippen molar-refractivity contribution in [3.63, 3.8) is 0 Å². The van der Waals surface area contributed by atoms with Crippen LogP contribution >= 0.6 is 14.6 Å². The second kappa shape index (κ2) is 32.9. The summed E-state index contributed by atoms with van der Waals surface area (Å²) in [4.78, 5) is 0. The van der Waals surface area contributed by atoms with E-state index in [1.807, 2.05) is 184 Å². The molecule has 0 unspecified atom stereocenters. The van der Waals surface area contributed by atoms with Gasteiger partial charge >= 0.3 is 19.5 Å². The van der Waals surface area contributed by atoms with Gasteiger partial charge in [-0.15, -0.1) is 0 Å². The number of hydrogen-bond donors (Lipinski definition) is 1. The van der Waals surface area contributed by atoms with E-state index >= 15 is 0 Å². The van der Waals surface area contributed by atoms with Crippen LogP contribution in [-0.2, 0) is 33.3 Å². The number of ether oxygens (including phenoxy) is 1. The third-order valence-electron chi connectivity index (χ3n) is 7.98. The first-order valence-corrected chi connectivity index (χ1v) is 22.2. The topological polar surface area (TPSA) is 67.8 Å². The zero-order chi connectivity index (χ0) is 40.2. The molecule has 0 bridgehead atoms. The maximum Gasteiger partial charge on any atom is 2.00 e. The first-order valence-electron chi connectivity index (χ1n) is 18.8. The van der Waals surface area contributed by atoms with Gasteiger partial charge in [0, 0.05) is 46.7 Å². The molecule has 0 aliphatic heterocycles. The first kappa shape index (κ1) is 56.1. The summed E-state index contributed by atoms with van der Waals surface area (Å²) in [6.07, 6.45) is 2.56. The molecule has 0 saturated heterocycles. The van der Waals surface area contributed by atoms with Crippen LogP contribution in [0.15, 0.2) is 187 Å². The number of hydrogen-bond acceptors (Lipinski definition) is 3. The van der Waals surface area contributed by atoms with Crippen LogP contribution in [-0.4, -0.2) is 19.4 Å². The van der Waals surface area contributed by atoms with Crippen LogP contribution in [0.3, 0.4) is 0 Å². The van der Waals surface area contributed by atoms with E-state index in [0.717, 1.165) is 52.0 Å². The molecule has 0 heterocycles. The van der Waals surface area contributed by atoms with Gasteiger partial charge in [0.1, 0.15) is 0 Å². The molecule has 58 heavy (non-hydrogen) atoms. The van der Waals surface area contributed by atoms with E-state index in [-0.39, 0.29) is 40.4 Å². The minimum absolute atomic E-state index is 0. The monoisotopic (exact) mass is 868 g/mol. The van der Waals surface area contributed by atoms with Crippen molar-refractivity contribution >= 4 is 42.0 Å². The van der Waals surface area contributed by atoms with Crippen LogP contribution in [0.5, 0.6) is 0 Å². The molecule has 8 heteroatoms. The molecule has 5 nitrogen and oxygen atoms in total. The van der Waals surface area contributed by atoms with Crippen molar-refractivity contribution in [3.8, 4) is 0 Å². The summed E-state index contributed by atoms with van der Waals surface area (Å²) in [6.45, 7) is 17.8. The van der Waals surface area contributed by atoms with Crippen molar-refractivity contribution in [2.75, 3.05) is 13.2 Å². The minimum Gasteiger partial charge on any atom is -0.382 e. The zero-order valence-corrected chi connectivity index (χ0v) is 38.5. The van der Waals surface area contributed by atoms with Gasteiger partial charge < -0.3 is 18.6 Å². The van der Waals surface area contributed by atoms with Crippen LogP contribution in [0.4, 0.5) is 0 Å². The molecule has 0 aromatic heterocycles. The molecule has 0 amide bonds. The second-order valence-corrected chi connectivity index (χ2v) is 16.4. The van der Waals surface area contributed by atoms with E-state index in [9.17, 15) is 9.13 Å². The van der Waals surface area contributed by atoms with Crippen molar-refractivity contribution in [2.24, 2.45) is 4.76 Å². The van der Waals surface area contributed by atoms with Crippen LogP contribution in [0.1, 0.15) is 73.1 Å². The predicted molar refractivity (Wildman–Crippen MR) is 254 cm³/mol. The van der Waals surface area contributed by atoms with Crippen molar-refractivity contribution in [1.29, 1.82) is 0 Å². The van der Waals surface area contributed by atoms with Gasteiger partial charge in [-0.2, -0.15) is 13.8 Å². The van der Waals surface area contributed by atoms with Crippen LogP contribution in [0.25, 0.3) is 0 Å². The molecule has 6 aromatic carbocycles. The number of nitrogens with zero attached hydrogens (tertiary/aromatic N) is 1. The summed E-state index contributed by atoms with van der Waals surface area (Å²) < 4.78 is 37.0. The van der Waals surface area contributed by atoms with Gasteiger partial charge in [0.05, 0.1) is 0 Å². The molecular formula is C50H66N2O3P2Zn. The molecule has 6 aromatic rings. The molecule has 0 aliphatic carbocycles. The molecule has 306 valence electrons. The Morgan fingerprint density at radius 2 is 0.845 bits per heavy atom. The van der Waals surface area contributed by atoms with E-state index in [1.165, 1.54) is 0 Å². The maximum absolute atomic E-state index is 14.0. The first-order chi connectivity index (χ1) is 26.9. The second-order valence-electron chi connectivity index (χ2n) is 11.5. The molecule has 0 saturated carbocycles. The Bertz CT molecular complexity index is 1860. The molecule has 6 rings (SSSR count). The zero-order valence-electron chi connectivity index (χ0n) is 33.8. The third-order valence-corrected chi connectivity index (χ3v) is 13.1. The quantitative estimate of drug-likeness (QED) is 0.0576. The van der Waals surface area contributed by atoms with Gasteiger partial charge in [-0.3, -0.25) is 14.2 Å². The Hall–Kier alpha value is -4.01. The predicted octanol–water partition coefficient (Wildman–Crippen LogP) is 12.7. The van der Waals surface area contributed by atoms with Crippen LogP contribution in [0, 0.1) is 13.8 Å². The van der Waals surface area contributed by atoms with Gasteiger partial charge in [0.25, 0.3) is 0 Å². The van der Waals surface area contributed by atoms with Crippen molar-refractivity contribution < 1.29 is 33.3 Å². The normalized spacial score (nSPS) is 10.6. The Labute approximate surface area is 365 Å². The largest absolute Gasteiger partial charge is 2.00 e. The van der Waals surface area contributed by atoms with Crippen LogP contribution in [0.2, 0.25) is 0 Å². The SMILES string of the molecule is C.C.CCOCC.CC[C@H](NP(=O)(c1ccccc1)c1ccccc1)c1ccccc1.O=P(N=Cc1ccccc1)(c1ccccc1)c1ccccc1.[CH2-]C.[CH2-]C.[Zn+2]. The third kappa shape index (κ3) is 17.9. The average molecular weight is 870 g/mol. The summed E-state index contributed by atoms with van der Waals surface area (Å²) in [6, 6.07) is 58.3. The Morgan fingerprint density at radius 1 is 0.534 bits per heavy atom. The molecule has 1 atom stereocenters. The molecule has 0 aliphatic rings. The Balaban J connectivity index is 0.